The molecule has 26 heavy (non-hydrogen) atoms. The van der Waals surface area contributed by atoms with Crippen molar-refractivity contribution >= 4 is 11.8 Å². The van der Waals surface area contributed by atoms with Crippen LogP contribution in [0.3, 0.4) is 0 Å². The summed E-state index contributed by atoms with van der Waals surface area (Å²) in [5.74, 6) is -1.25. The maximum Gasteiger partial charge on any atom is 0.302 e. The van der Waals surface area contributed by atoms with Crippen LogP contribution in [0.1, 0.15) is 52.9 Å². The normalized spacial score (nSPS) is 47.3. The molecule has 0 N–H and O–H groups in total. The highest BCUT2D eigenvalue weighted by atomic mass is 19.1. The first-order chi connectivity index (χ1) is 12.2. The highest BCUT2D eigenvalue weighted by molar-refractivity contribution is 5.92. The van der Waals surface area contributed by atoms with Gasteiger partial charge in [-0.15, -0.1) is 0 Å². The van der Waals surface area contributed by atoms with Gasteiger partial charge in [-0.2, -0.15) is 0 Å². The van der Waals surface area contributed by atoms with E-state index >= 15 is 4.39 Å². The van der Waals surface area contributed by atoms with Gasteiger partial charge in [0.1, 0.15) is 18.1 Å². The molecule has 3 nitrogen and oxygen atoms in total. The van der Waals surface area contributed by atoms with Crippen LogP contribution in [0.5, 0.6) is 0 Å². The molecule has 5 heteroatoms. The van der Waals surface area contributed by atoms with Crippen LogP contribution in [-0.4, -0.2) is 24.0 Å². The van der Waals surface area contributed by atoms with Crippen LogP contribution in [0.25, 0.3) is 0 Å². The Kier molecular flexibility index (Phi) is 3.94. The molecule has 0 aliphatic heterocycles. The quantitative estimate of drug-likeness (QED) is 0.645. The Hall–Kier alpha value is -1.52. The Labute approximate surface area is 152 Å². The first-order valence-electron chi connectivity index (χ1n) is 9.61. The van der Waals surface area contributed by atoms with Crippen LogP contribution in [0.4, 0.5) is 8.78 Å². The lowest BCUT2D eigenvalue weighted by Crippen LogP contribution is -2.55. The fourth-order valence-electron chi connectivity index (χ4n) is 6.48. The first-order valence-corrected chi connectivity index (χ1v) is 9.61. The summed E-state index contributed by atoms with van der Waals surface area (Å²) in [6.45, 7) is 5.29. The third-order valence-electron chi connectivity index (χ3n) is 7.68. The Morgan fingerprint density at radius 1 is 1.31 bits per heavy atom. The SMILES string of the molecule is CC(=O)O[C@H]1CC[C@H]2[C@@H]3C=C(F)C4=CC(=O)CC[C@]4(C)[C@H]3[C@@H](F)C[C@]12C. The van der Waals surface area contributed by atoms with Crippen LogP contribution in [0.15, 0.2) is 23.6 Å². The number of esters is 1. The second-order valence-electron chi connectivity index (χ2n) is 9.07. The number of alkyl halides is 1. The van der Waals surface area contributed by atoms with Gasteiger partial charge in [-0.1, -0.05) is 13.8 Å². The van der Waals surface area contributed by atoms with Gasteiger partial charge in [-0.05, 0) is 55.2 Å². The van der Waals surface area contributed by atoms with E-state index in [0.717, 1.165) is 6.42 Å². The number of hydrogen-bond donors (Lipinski definition) is 0. The molecule has 4 aliphatic rings. The number of ether oxygens (including phenoxy) is 1. The molecule has 2 saturated carbocycles. The van der Waals surface area contributed by atoms with Crippen molar-refractivity contribution in [2.75, 3.05) is 0 Å². The minimum atomic E-state index is -1.11. The van der Waals surface area contributed by atoms with Gasteiger partial charge >= 0.3 is 5.97 Å². The Morgan fingerprint density at radius 2 is 2.04 bits per heavy atom. The fraction of sp³-hybridized carbons (Fsp3) is 0.714. The van der Waals surface area contributed by atoms with Gasteiger partial charge < -0.3 is 4.74 Å². The average molecular weight is 364 g/mol. The van der Waals surface area contributed by atoms with E-state index in [2.05, 4.69) is 0 Å². The van der Waals surface area contributed by atoms with Crippen molar-refractivity contribution < 1.29 is 23.1 Å². The van der Waals surface area contributed by atoms with E-state index < -0.39 is 17.0 Å². The van der Waals surface area contributed by atoms with E-state index in [1.807, 2.05) is 13.8 Å². The van der Waals surface area contributed by atoms with Gasteiger partial charge in [0, 0.05) is 30.1 Å². The topological polar surface area (TPSA) is 43.4 Å². The predicted molar refractivity (Wildman–Crippen MR) is 92.5 cm³/mol. The molecule has 0 heterocycles. The molecule has 0 amide bonds. The van der Waals surface area contributed by atoms with Crippen molar-refractivity contribution in [1.29, 1.82) is 0 Å². The van der Waals surface area contributed by atoms with E-state index in [1.54, 1.807) is 6.08 Å². The van der Waals surface area contributed by atoms with Gasteiger partial charge in [-0.25, -0.2) is 8.78 Å². The predicted octanol–water partition coefficient (Wildman–Crippen LogP) is 4.47. The molecular formula is C21H26F2O3. The van der Waals surface area contributed by atoms with Crippen molar-refractivity contribution in [2.45, 2.75) is 65.2 Å². The lowest BCUT2D eigenvalue weighted by molar-refractivity contribution is -0.159. The van der Waals surface area contributed by atoms with Gasteiger partial charge in [-0.3, -0.25) is 9.59 Å². The number of rotatable bonds is 1. The molecule has 4 aliphatic carbocycles. The average Bonchev–Trinajstić information content (AvgIpc) is 2.84. The van der Waals surface area contributed by atoms with Gasteiger partial charge in [0.25, 0.3) is 0 Å². The van der Waals surface area contributed by atoms with E-state index in [9.17, 15) is 14.0 Å². The number of carbonyl (C=O) groups excluding carboxylic acids is 2. The number of carbonyl (C=O) groups is 2. The summed E-state index contributed by atoms with van der Waals surface area (Å²) in [6, 6.07) is 0. The maximum atomic E-state index is 15.5. The summed E-state index contributed by atoms with van der Waals surface area (Å²) in [5, 5.41) is 0. The molecule has 0 unspecified atom stereocenters. The molecule has 0 aromatic heterocycles. The van der Waals surface area contributed by atoms with Crippen LogP contribution >= 0.6 is 0 Å². The summed E-state index contributed by atoms with van der Waals surface area (Å²) in [5.41, 5.74) is -0.723. The van der Waals surface area contributed by atoms with Crippen LogP contribution in [-0.2, 0) is 14.3 Å². The minimum absolute atomic E-state index is 0.0775. The second-order valence-corrected chi connectivity index (χ2v) is 9.07. The third kappa shape index (κ3) is 2.35. The molecule has 142 valence electrons. The summed E-state index contributed by atoms with van der Waals surface area (Å²) in [7, 11) is 0. The number of fused-ring (bicyclic) bond motifs is 5. The summed E-state index contributed by atoms with van der Waals surface area (Å²) in [6.07, 6.45) is 4.21. The van der Waals surface area contributed by atoms with Gasteiger partial charge in [0.15, 0.2) is 5.78 Å². The van der Waals surface area contributed by atoms with E-state index in [-0.39, 0.29) is 41.4 Å². The standard InChI is InChI=1S/C21H26F2O3/c1-11(24)26-18-5-4-14-13-9-16(22)15-8-12(25)6-7-20(15,2)19(13)17(23)10-21(14,18)3/h8-9,13-14,17-19H,4-7,10H2,1-3H3/t13-,14-,17-,18-,19+,20-,21-/m0/s1. The van der Waals surface area contributed by atoms with Crippen molar-refractivity contribution in [3.05, 3.63) is 23.6 Å². The summed E-state index contributed by atoms with van der Waals surface area (Å²) < 4.78 is 36.0. The van der Waals surface area contributed by atoms with Crippen LogP contribution in [0.2, 0.25) is 0 Å². The molecular weight excluding hydrogens is 338 g/mol. The number of hydrogen-bond acceptors (Lipinski definition) is 3. The first kappa shape index (κ1) is 17.9. The Balaban J connectivity index is 1.77. The van der Waals surface area contributed by atoms with E-state index in [1.165, 1.54) is 13.0 Å². The third-order valence-corrected chi connectivity index (χ3v) is 7.68. The zero-order valence-corrected chi connectivity index (χ0v) is 15.6. The van der Waals surface area contributed by atoms with Crippen molar-refractivity contribution in [3.63, 3.8) is 0 Å². The second kappa shape index (κ2) is 5.74. The van der Waals surface area contributed by atoms with Crippen molar-refractivity contribution in [3.8, 4) is 0 Å². The van der Waals surface area contributed by atoms with Crippen LogP contribution in [0, 0.1) is 28.6 Å². The molecule has 0 saturated heterocycles. The van der Waals surface area contributed by atoms with E-state index in [4.69, 9.17) is 4.74 Å². The zero-order chi connectivity index (χ0) is 18.9. The van der Waals surface area contributed by atoms with Gasteiger partial charge in [0.2, 0.25) is 0 Å². The van der Waals surface area contributed by atoms with E-state index in [0.29, 0.717) is 31.3 Å². The summed E-state index contributed by atoms with van der Waals surface area (Å²) >= 11 is 0. The number of allylic oxidation sites excluding steroid dienone is 4. The summed E-state index contributed by atoms with van der Waals surface area (Å²) in [4.78, 5) is 23.3. The fourth-order valence-corrected chi connectivity index (χ4v) is 6.48. The molecule has 0 radical (unpaired) electrons. The Morgan fingerprint density at radius 3 is 2.73 bits per heavy atom. The highest BCUT2D eigenvalue weighted by Gasteiger charge is 2.63. The molecule has 0 bridgehead atoms. The largest absolute Gasteiger partial charge is 0.462 e. The molecule has 0 aromatic carbocycles. The number of halogens is 2. The van der Waals surface area contributed by atoms with Gasteiger partial charge in [0.05, 0.1) is 0 Å². The maximum absolute atomic E-state index is 15.5. The molecule has 2 fully saturated rings. The molecule has 0 spiro atoms. The zero-order valence-electron chi connectivity index (χ0n) is 15.6. The van der Waals surface area contributed by atoms with Crippen LogP contribution < -0.4 is 0 Å². The lowest BCUT2D eigenvalue weighted by atomic mass is 9.48. The lowest BCUT2D eigenvalue weighted by Gasteiger charge is -2.56. The minimum Gasteiger partial charge on any atom is -0.462 e. The molecule has 0 aromatic rings. The van der Waals surface area contributed by atoms with Crippen molar-refractivity contribution in [1.82, 2.24) is 0 Å². The number of ketones is 1. The Bertz CT molecular complexity index is 727. The van der Waals surface area contributed by atoms with Crippen molar-refractivity contribution in [2.24, 2.45) is 28.6 Å². The highest BCUT2D eigenvalue weighted by Crippen LogP contribution is 2.65. The molecule has 7 atom stereocenters. The monoisotopic (exact) mass is 364 g/mol. The smallest absolute Gasteiger partial charge is 0.302 e. The molecule has 4 rings (SSSR count).